The summed E-state index contributed by atoms with van der Waals surface area (Å²) in [5.74, 6) is 0. The van der Waals surface area contributed by atoms with Crippen LogP contribution in [-0.4, -0.2) is 11.8 Å². The zero-order chi connectivity index (χ0) is 7.68. The molecule has 0 unspecified atom stereocenters. The Hall–Kier alpha value is -1.37. The van der Waals surface area contributed by atoms with Gasteiger partial charge in [0.15, 0.2) is 0 Å². The van der Waals surface area contributed by atoms with Gasteiger partial charge in [0.2, 0.25) is 0 Å². The van der Waals surface area contributed by atoms with Crippen molar-refractivity contribution in [3.05, 3.63) is 48.6 Å². The molecule has 1 atom stereocenters. The molecule has 1 aliphatic heterocycles. The van der Waals surface area contributed by atoms with Crippen molar-refractivity contribution in [2.24, 2.45) is 4.99 Å². The predicted molar refractivity (Wildman–Crippen MR) is 47.0 cm³/mol. The van der Waals surface area contributed by atoms with Crippen LogP contribution in [0.2, 0.25) is 0 Å². The third-order valence-electron chi connectivity index (χ3n) is 1.78. The summed E-state index contributed by atoms with van der Waals surface area (Å²) >= 11 is 0. The summed E-state index contributed by atoms with van der Waals surface area (Å²) in [6.45, 7) is 3.68. The van der Waals surface area contributed by atoms with E-state index >= 15 is 0 Å². The number of hydrogen-bond donors (Lipinski definition) is 0. The highest BCUT2D eigenvalue weighted by atomic mass is 15.0. The van der Waals surface area contributed by atoms with Crippen molar-refractivity contribution in [2.75, 3.05) is 0 Å². The summed E-state index contributed by atoms with van der Waals surface area (Å²) in [5, 5.41) is 0. The Morgan fingerprint density at radius 1 is 1.27 bits per heavy atom. The molecule has 0 aliphatic carbocycles. The predicted octanol–water partition coefficient (Wildman–Crippen LogP) is 2.04. The van der Waals surface area contributed by atoms with Crippen molar-refractivity contribution in [3.63, 3.8) is 0 Å². The Bertz CT molecular complexity index is 298. The maximum absolute atomic E-state index is 4.24. The van der Waals surface area contributed by atoms with Crippen molar-refractivity contribution in [2.45, 2.75) is 6.04 Å². The Labute approximate surface area is 66.1 Å². The van der Waals surface area contributed by atoms with Crippen LogP contribution in [0.4, 0.5) is 0 Å². The van der Waals surface area contributed by atoms with Crippen molar-refractivity contribution in [1.82, 2.24) is 0 Å². The fraction of sp³-hybridized carbons (Fsp3) is 0.100. The molecule has 0 saturated heterocycles. The van der Waals surface area contributed by atoms with Crippen LogP contribution in [0.25, 0.3) is 0 Å². The second kappa shape index (κ2) is 2.35. The molecule has 0 N–H and O–H groups in total. The van der Waals surface area contributed by atoms with Gasteiger partial charge in [-0.15, -0.1) is 6.58 Å². The van der Waals surface area contributed by atoms with Gasteiger partial charge in [-0.1, -0.05) is 36.4 Å². The van der Waals surface area contributed by atoms with E-state index in [2.05, 4.69) is 23.7 Å². The van der Waals surface area contributed by atoms with Gasteiger partial charge >= 0.3 is 0 Å². The largest absolute Gasteiger partial charge is 0.273 e. The van der Waals surface area contributed by atoms with Gasteiger partial charge in [0.05, 0.1) is 5.71 Å². The summed E-state index contributed by atoms with van der Waals surface area (Å²) < 4.78 is 0. The van der Waals surface area contributed by atoms with Crippen LogP contribution in [-0.2, 0) is 0 Å². The fourth-order valence-electron chi connectivity index (χ4n) is 1.13. The topological polar surface area (TPSA) is 12.4 Å². The highest BCUT2D eigenvalue weighted by Crippen LogP contribution is 2.19. The van der Waals surface area contributed by atoms with E-state index in [0.717, 1.165) is 0 Å². The first-order valence-corrected chi connectivity index (χ1v) is 3.67. The molecule has 1 aliphatic rings. The van der Waals surface area contributed by atoms with E-state index in [9.17, 15) is 0 Å². The molecule has 0 radical (unpaired) electrons. The van der Waals surface area contributed by atoms with Crippen LogP contribution in [0.15, 0.2) is 48.0 Å². The Morgan fingerprint density at radius 3 is 2.55 bits per heavy atom. The standard InChI is InChI=1S/C10H9N/c1-2-9-10(11-9)8-6-4-3-5-7-8/h2-7,9H,1H2/t9-/m1/s1. The van der Waals surface area contributed by atoms with Crippen LogP contribution in [0.5, 0.6) is 0 Å². The number of aliphatic imine (C=N–C) groups is 1. The minimum Gasteiger partial charge on any atom is -0.273 e. The normalized spacial score (nSPS) is 20.7. The summed E-state index contributed by atoms with van der Waals surface area (Å²) in [5.41, 5.74) is 2.39. The van der Waals surface area contributed by atoms with E-state index in [0.29, 0.717) is 0 Å². The van der Waals surface area contributed by atoms with E-state index < -0.39 is 0 Å². The maximum Gasteiger partial charge on any atom is 0.110 e. The van der Waals surface area contributed by atoms with Crippen molar-refractivity contribution in [3.8, 4) is 0 Å². The second-order valence-corrected chi connectivity index (χ2v) is 2.56. The average molecular weight is 143 g/mol. The van der Waals surface area contributed by atoms with Crippen molar-refractivity contribution >= 4 is 5.71 Å². The highest BCUT2D eigenvalue weighted by molar-refractivity contribution is 6.14. The van der Waals surface area contributed by atoms with Gasteiger partial charge < -0.3 is 0 Å². The van der Waals surface area contributed by atoms with Gasteiger partial charge in [-0.25, -0.2) is 0 Å². The van der Waals surface area contributed by atoms with Gasteiger partial charge in [0, 0.05) is 0 Å². The van der Waals surface area contributed by atoms with Gasteiger partial charge in [-0.05, 0) is 5.56 Å². The van der Waals surface area contributed by atoms with E-state index in [4.69, 9.17) is 0 Å². The third-order valence-corrected chi connectivity index (χ3v) is 1.78. The number of nitrogens with zero attached hydrogens (tertiary/aromatic N) is 1. The molecule has 11 heavy (non-hydrogen) atoms. The van der Waals surface area contributed by atoms with Crippen LogP contribution in [0, 0.1) is 0 Å². The van der Waals surface area contributed by atoms with E-state index in [1.807, 2.05) is 24.3 Å². The number of rotatable bonds is 2. The fourth-order valence-corrected chi connectivity index (χ4v) is 1.13. The number of benzene rings is 1. The summed E-state index contributed by atoms with van der Waals surface area (Å²) in [4.78, 5) is 4.24. The van der Waals surface area contributed by atoms with Crippen LogP contribution in [0.1, 0.15) is 5.56 Å². The molecule has 0 spiro atoms. The lowest BCUT2D eigenvalue weighted by Crippen LogP contribution is -1.93. The zero-order valence-corrected chi connectivity index (χ0v) is 6.20. The SMILES string of the molecule is C=C[C@H]1N=C1c1ccccc1. The molecule has 2 rings (SSSR count). The molecule has 0 bridgehead atoms. The molecule has 1 aromatic rings. The first kappa shape index (κ1) is 6.35. The van der Waals surface area contributed by atoms with Gasteiger partial charge in [0.25, 0.3) is 0 Å². The molecule has 54 valence electrons. The molecule has 0 aromatic heterocycles. The molecule has 1 nitrogen and oxygen atoms in total. The molecular weight excluding hydrogens is 134 g/mol. The molecule has 1 heterocycles. The van der Waals surface area contributed by atoms with Gasteiger partial charge in [0.1, 0.15) is 6.04 Å². The third kappa shape index (κ3) is 1.09. The highest BCUT2D eigenvalue weighted by Gasteiger charge is 2.24. The monoisotopic (exact) mass is 143 g/mol. The van der Waals surface area contributed by atoms with Gasteiger partial charge in [-0.3, -0.25) is 4.99 Å². The maximum atomic E-state index is 4.24. The lowest BCUT2D eigenvalue weighted by molar-refractivity contribution is 1.29. The van der Waals surface area contributed by atoms with Gasteiger partial charge in [-0.2, -0.15) is 0 Å². The van der Waals surface area contributed by atoms with E-state index in [1.165, 1.54) is 11.3 Å². The lowest BCUT2D eigenvalue weighted by atomic mass is 10.1. The van der Waals surface area contributed by atoms with Crippen LogP contribution in [0.3, 0.4) is 0 Å². The molecule has 1 heteroatoms. The summed E-state index contributed by atoms with van der Waals surface area (Å²) in [7, 11) is 0. The van der Waals surface area contributed by atoms with Crippen LogP contribution < -0.4 is 0 Å². The van der Waals surface area contributed by atoms with Crippen molar-refractivity contribution < 1.29 is 0 Å². The van der Waals surface area contributed by atoms with Crippen molar-refractivity contribution in [1.29, 1.82) is 0 Å². The lowest BCUT2D eigenvalue weighted by Gasteiger charge is -1.89. The Morgan fingerprint density at radius 2 is 2.00 bits per heavy atom. The minimum absolute atomic E-state index is 0.289. The Kier molecular flexibility index (Phi) is 1.35. The average Bonchev–Trinajstić information content (AvgIpc) is 2.85. The van der Waals surface area contributed by atoms with Crippen LogP contribution >= 0.6 is 0 Å². The molecule has 0 fully saturated rings. The molecule has 0 saturated carbocycles. The molecular formula is C10H9N. The first-order chi connectivity index (χ1) is 5.42. The minimum atomic E-state index is 0.289. The summed E-state index contributed by atoms with van der Waals surface area (Å²) in [6.07, 6.45) is 1.86. The summed E-state index contributed by atoms with van der Waals surface area (Å²) in [6, 6.07) is 10.5. The first-order valence-electron chi connectivity index (χ1n) is 3.67. The van der Waals surface area contributed by atoms with E-state index in [-0.39, 0.29) is 6.04 Å². The quantitative estimate of drug-likeness (QED) is 0.562. The van der Waals surface area contributed by atoms with E-state index in [1.54, 1.807) is 0 Å². The molecule has 1 aromatic carbocycles. The Balaban J connectivity index is 2.21. The smallest absolute Gasteiger partial charge is 0.110 e. The number of hydrogen-bond acceptors (Lipinski definition) is 1. The second-order valence-electron chi connectivity index (χ2n) is 2.56. The molecule has 0 amide bonds. The zero-order valence-electron chi connectivity index (χ0n) is 6.20.